The van der Waals surface area contributed by atoms with Crippen molar-refractivity contribution in [1.29, 1.82) is 0 Å². The van der Waals surface area contributed by atoms with E-state index in [0.717, 1.165) is 23.1 Å². The lowest BCUT2D eigenvalue weighted by atomic mass is 9.91. The molecule has 1 aliphatic rings. The lowest BCUT2D eigenvalue weighted by Gasteiger charge is -2.22. The van der Waals surface area contributed by atoms with Gasteiger partial charge in [-0.1, -0.05) is 6.07 Å². The predicted octanol–water partition coefficient (Wildman–Crippen LogP) is 2.72. The van der Waals surface area contributed by atoms with Crippen LogP contribution in [0.15, 0.2) is 42.5 Å². The van der Waals surface area contributed by atoms with Gasteiger partial charge in [-0.15, -0.1) is 0 Å². The maximum Gasteiger partial charge on any atom is 0.325 e. The molecule has 2 aromatic carbocycles. The number of benzene rings is 2. The molecule has 1 saturated heterocycles. The Labute approximate surface area is 157 Å². The van der Waals surface area contributed by atoms with E-state index >= 15 is 0 Å². The van der Waals surface area contributed by atoms with Gasteiger partial charge in [0.25, 0.3) is 11.6 Å². The number of nitro groups is 1. The zero-order valence-corrected chi connectivity index (χ0v) is 14.6. The molecule has 3 amide bonds. The summed E-state index contributed by atoms with van der Waals surface area (Å²) in [6.45, 7) is 0.967. The van der Waals surface area contributed by atoms with Crippen molar-refractivity contribution in [1.82, 2.24) is 10.2 Å². The minimum atomic E-state index is -1.76. The van der Waals surface area contributed by atoms with E-state index in [2.05, 4.69) is 5.32 Å². The van der Waals surface area contributed by atoms with E-state index in [1.54, 1.807) is 0 Å². The standard InChI is InChI=1S/C18H15F2N3O5/c1-18(14-9-11(19)5-6-15(14)20)16(24)22(17(25)21-18)7-8-28-13-4-2-3-12(10-13)23(26)27/h2-6,9-10H,7-8H2,1H3,(H,21,25)/t18-/m0/s1. The molecule has 1 fully saturated rings. The molecule has 0 aliphatic carbocycles. The van der Waals surface area contributed by atoms with Crippen LogP contribution in [0.3, 0.4) is 0 Å². The summed E-state index contributed by atoms with van der Waals surface area (Å²) in [6.07, 6.45) is 0. The fraction of sp³-hybridized carbons (Fsp3) is 0.222. The average Bonchev–Trinajstić information content (AvgIpc) is 2.87. The molecule has 0 unspecified atom stereocenters. The summed E-state index contributed by atoms with van der Waals surface area (Å²) in [5.74, 6) is -2.13. The third kappa shape index (κ3) is 3.48. The van der Waals surface area contributed by atoms with Crippen LogP contribution in [-0.4, -0.2) is 34.9 Å². The topological polar surface area (TPSA) is 102 Å². The van der Waals surface area contributed by atoms with Crippen molar-refractivity contribution in [2.24, 2.45) is 0 Å². The highest BCUT2D eigenvalue weighted by Crippen LogP contribution is 2.31. The number of nitrogens with zero attached hydrogens (tertiary/aromatic N) is 2. The quantitative estimate of drug-likeness (QED) is 0.463. The number of rotatable bonds is 6. The number of urea groups is 1. The zero-order valence-electron chi connectivity index (χ0n) is 14.6. The molecule has 0 radical (unpaired) electrons. The molecule has 0 spiro atoms. The first kappa shape index (κ1) is 19.2. The molecule has 0 aromatic heterocycles. The van der Waals surface area contributed by atoms with E-state index in [4.69, 9.17) is 4.74 Å². The summed E-state index contributed by atoms with van der Waals surface area (Å²) < 4.78 is 33.0. The van der Waals surface area contributed by atoms with Crippen LogP contribution in [0.2, 0.25) is 0 Å². The number of halogens is 2. The minimum Gasteiger partial charge on any atom is -0.491 e. The Balaban J connectivity index is 1.71. The second-order valence-corrected chi connectivity index (χ2v) is 6.24. The monoisotopic (exact) mass is 391 g/mol. The van der Waals surface area contributed by atoms with Gasteiger partial charge in [0.2, 0.25) is 0 Å². The van der Waals surface area contributed by atoms with Crippen LogP contribution in [0, 0.1) is 21.7 Å². The SMILES string of the molecule is C[C@@]1(c2cc(F)ccc2F)NC(=O)N(CCOc2cccc([N+](=O)[O-])c2)C1=O. The minimum absolute atomic E-state index is 0.137. The molecule has 0 bridgehead atoms. The molecule has 1 aliphatic heterocycles. The first-order valence-corrected chi connectivity index (χ1v) is 8.19. The van der Waals surface area contributed by atoms with E-state index in [0.29, 0.717) is 0 Å². The van der Waals surface area contributed by atoms with Crippen molar-refractivity contribution < 1.29 is 28.0 Å². The van der Waals surface area contributed by atoms with Gasteiger partial charge in [0.1, 0.15) is 29.5 Å². The fourth-order valence-corrected chi connectivity index (χ4v) is 2.90. The third-order valence-corrected chi connectivity index (χ3v) is 4.35. The summed E-state index contributed by atoms with van der Waals surface area (Å²) in [4.78, 5) is 35.9. The maximum absolute atomic E-state index is 14.1. The van der Waals surface area contributed by atoms with Gasteiger partial charge in [0.15, 0.2) is 0 Å². The molecule has 8 nitrogen and oxygen atoms in total. The highest BCUT2D eigenvalue weighted by molar-refractivity contribution is 6.07. The molecular weight excluding hydrogens is 376 g/mol. The van der Waals surface area contributed by atoms with Gasteiger partial charge >= 0.3 is 6.03 Å². The van der Waals surface area contributed by atoms with Crippen molar-refractivity contribution in [3.8, 4) is 5.75 Å². The molecule has 1 atom stereocenters. The van der Waals surface area contributed by atoms with Crippen molar-refractivity contribution in [3.63, 3.8) is 0 Å². The van der Waals surface area contributed by atoms with Crippen molar-refractivity contribution in [3.05, 3.63) is 69.8 Å². The van der Waals surface area contributed by atoms with Crippen LogP contribution in [-0.2, 0) is 10.3 Å². The van der Waals surface area contributed by atoms with Crippen LogP contribution < -0.4 is 10.1 Å². The van der Waals surface area contributed by atoms with Gasteiger partial charge in [0, 0.05) is 11.6 Å². The van der Waals surface area contributed by atoms with E-state index < -0.39 is 34.0 Å². The van der Waals surface area contributed by atoms with E-state index in [1.807, 2.05) is 0 Å². The van der Waals surface area contributed by atoms with E-state index in [1.165, 1.54) is 31.2 Å². The molecule has 0 saturated carbocycles. The molecule has 3 rings (SSSR count). The van der Waals surface area contributed by atoms with E-state index in [-0.39, 0.29) is 30.2 Å². The molecule has 10 heteroatoms. The van der Waals surface area contributed by atoms with Gasteiger partial charge in [-0.2, -0.15) is 0 Å². The number of non-ortho nitro benzene ring substituents is 1. The Morgan fingerprint density at radius 1 is 1.21 bits per heavy atom. The highest BCUT2D eigenvalue weighted by Gasteiger charge is 2.50. The van der Waals surface area contributed by atoms with Crippen LogP contribution in [0.1, 0.15) is 12.5 Å². The molecule has 146 valence electrons. The van der Waals surface area contributed by atoms with Crippen LogP contribution >= 0.6 is 0 Å². The number of carbonyl (C=O) groups excluding carboxylic acids is 2. The summed E-state index contributed by atoms with van der Waals surface area (Å²) in [5, 5.41) is 13.1. The summed E-state index contributed by atoms with van der Waals surface area (Å²) in [7, 11) is 0. The molecule has 28 heavy (non-hydrogen) atoms. The second kappa shape index (κ2) is 7.22. The first-order chi connectivity index (χ1) is 13.2. The Kier molecular flexibility index (Phi) is 4.95. The van der Waals surface area contributed by atoms with E-state index in [9.17, 15) is 28.5 Å². The number of hydrogen-bond acceptors (Lipinski definition) is 5. The number of imide groups is 1. The highest BCUT2D eigenvalue weighted by atomic mass is 19.1. The van der Waals surface area contributed by atoms with Gasteiger partial charge in [0.05, 0.1) is 17.5 Å². The van der Waals surface area contributed by atoms with Gasteiger partial charge in [-0.25, -0.2) is 13.6 Å². The number of hydrogen-bond donors (Lipinski definition) is 1. The number of carbonyl (C=O) groups is 2. The van der Waals surface area contributed by atoms with Gasteiger partial charge < -0.3 is 10.1 Å². The average molecular weight is 391 g/mol. The molecule has 1 heterocycles. The van der Waals surface area contributed by atoms with Crippen LogP contribution in [0.4, 0.5) is 19.3 Å². The third-order valence-electron chi connectivity index (χ3n) is 4.35. The van der Waals surface area contributed by atoms with Crippen molar-refractivity contribution in [2.75, 3.05) is 13.2 Å². The smallest absolute Gasteiger partial charge is 0.325 e. The van der Waals surface area contributed by atoms with Crippen LogP contribution in [0.5, 0.6) is 5.75 Å². The molecular formula is C18H15F2N3O5. The molecule has 2 aromatic rings. The second-order valence-electron chi connectivity index (χ2n) is 6.24. The Bertz CT molecular complexity index is 968. The normalized spacial score (nSPS) is 18.9. The summed E-state index contributed by atoms with van der Waals surface area (Å²) in [6, 6.07) is 7.30. The predicted molar refractivity (Wildman–Crippen MR) is 92.5 cm³/mol. The van der Waals surface area contributed by atoms with Crippen molar-refractivity contribution >= 4 is 17.6 Å². The number of amides is 3. The summed E-state index contributed by atoms with van der Waals surface area (Å²) >= 11 is 0. The lowest BCUT2D eigenvalue weighted by Crippen LogP contribution is -2.42. The maximum atomic E-state index is 14.1. The first-order valence-electron chi connectivity index (χ1n) is 8.19. The fourth-order valence-electron chi connectivity index (χ4n) is 2.90. The summed E-state index contributed by atoms with van der Waals surface area (Å²) in [5.41, 5.74) is -2.20. The molecule has 1 N–H and O–H groups in total. The van der Waals surface area contributed by atoms with Crippen LogP contribution in [0.25, 0.3) is 0 Å². The number of nitro benzene ring substituents is 1. The van der Waals surface area contributed by atoms with Crippen molar-refractivity contribution in [2.45, 2.75) is 12.5 Å². The lowest BCUT2D eigenvalue weighted by molar-refractivity contribution is -0.384. The number of ether oxygens (including phenoxy) is 1. The van der Waals surface area contributed by atoms with Gasteiger partial charge in [-0.05, 0) is 31.2 Å². The Hall–Kier alpha value is -3.56. The Morgan fingerprint density at radius 3 is 2.68 bits per heavy atom. The largest absolute Gasteiger partial charge is 0.491 e. The zero-order chi connectivity index (χ0) is 20.5. The number of nitrogens with one attached hydrogen (secondary N) is 1. The van der Waals surface area contributed by atoms with Gasteiger partial charge in [-0.3, -0.25) is 19.8 Å². The Morgan fingerprint density at radius 2 is 1.96 bits per heavy atom.